The van der Waals surface area contributed by atoms with Gasteiger partial charge >= 0.3 is 0 Å². The van der Waals surface area contributed by atoms with Gasteiger partial charge in [-0.1, -0.05) is 12.1 Å². The Hall–Kier alpha value is -0.740. The Morgan fingerprint density at radius 3 is 2.94 bits per heavy atom. The van der Waals surface area contributed by atoms with Gasteiger partial charge in [0, 0.05) is 11.8 Å². The summed E-state index contributed by atoms with van der Waals surface area (Å²) in [4.78, 5) is 0. The number of thioether (sulfide) groups is 1. The molecule has 2 rings (SSSR count). The van der Waals surface area contributed by atoms with E-state index in [1.165, 1.54) is 7.11 Å². The van der Waals surface area contributed by atoms with Crippen molar-refractivity contribution in [3.05, 3.63) is 29.6 Å². The number of methoxy groups -OCH3 is 1. The van der Waals surface area contributed by atoms with E-state index in [9.17, 15) is 4.39 Å². The highest BCUT2D eigenvalue weighted by Gasteiger charge is 2.25. The first-order valence-electron chi connectivity index (χ1n) is 5.37. The zero-order chi connectivity index (χ0) is 11.5. The van der Waals surface area contributed by atoms with Crippen LogP contribution in [0, 0.1) is 11.7 Å². The van der Waals surface area contributed by atoms with Crippen molar-refractivity contribution in [2.75, 3.05) is 18.6 Å². The predicted molar refractivity (Wildman–Crippen MR) is 65.4 cm³/mol. The van der Waals surface area contributed by atoms with Crippen LogP contribution in [0.25, 0.3) is 0 Å². The second-order valence-electron chi connectivity index (χ2n) is 4.10. The summed E-state index contributed by atoms with van der Waals surface area (Å²) < 4.78 is 18.8. The molecule has 2 atom stereocenters. The molecule has 1 aromatic rings. The van der Waals surface area contributed by atoms with E-state index in [0.29, 0.717) is 23.7 Å². The van der Waals surface area contributed by atoms with E-state index in [1.54, 1.807) is 6.07 Å². The molecule has 1 heterocycles. The lowest BCUT2D eigenvalue weighted by Gasteiger charge is -2.15. The molecule has 16 heavy (non-hydrogen) atoms. The number of ether oxygens (including phenoxy) is 1. The molecule has 1 aliphatic rings. The van der Waals surface area contributed by atoms with Crippen LogP contribution in [-0.4, -0.2) is 24.7 Å². The molecule has 0 aliphatic carbocycles. The van der Waals surface area contributed by atoms with Gasteiger partial charge in [-0.25, -0.2) is 4.39 Å². The minimum Gasteiger partial charge on any atom is -0.494 e. The van der Waals surface area contributed by atoms with Crippen molar-refractivity contribution in [2.45, 2.75) is 12.5 Å². The molecule has 0 spiro atoms. The van der Waals surface area contributed by atoms with Gasteiger partial charge < -0.3 is 10.5 Å². The maximum absolute atomic E-state index is 13.9. The van der Waals surface area contributed by atoms with Crippen LogP contribution in [0.5, 0.6) is 5.75 Å². The molecule has 0 aromatic heterocycles. The summed E-state index contributed by atoms with van der Waals surface area (Å²) in [6, 6.07) is 5.47. The molecule has 88 valence electrons. The minimum atomic E-state index is -0.242. The van der Waals surface area contributed by atoms with Gasteiger partial charge in [0.2, 0.25) is 0 Å². The highest BCUT2D eigenvalue weighted by atomic mass is 32.2. The minimum absolute atomic E-state index is 0.190. The fourth-order valence-electron chi connectivity index (χ4n) is 1.98. The van der Waals surface area contributed by atoms with Crippen LogP contribution in [0.3, 0.4) is 0 Å². The smallest absolute Gasteiger partial charge is 0.168 e. The molecule has 2 N–H and O–H groups in total. The summed E-state index contributed by atoms with van der Waals surface area (Å²) in [5.74, 6) is 2.46. The van der Waals surface area contributed by atoms with E-state index >= 15 is 0 Å². The van der Waals surface area contributed by atoms with E-state index in [0.717, 1.165) is 11.5 Å². The van der Waals surface area contributed by atoms with Crippen LogP contribution < -0.4 is 10.5 Å². The maximum Gasteiger partial charge on any atom is 0.168 e. The van der Waals surface area contributed by atoms with E-state index in [2.05, 4.69) is 0 Å². The van der Waals surface area contributed by atoms with Gasteiger partial charge in [0.05, 0.1) is 7.11 Å². The van der Waals surface area contributed by atoms with Crippen LogP contribution in [0.2, 0.25) is 0 Å². The fourth-order valence-corrected chi connectivity index (χ4v) is 3.33. The standard InChI is InChI=1S/C12H16FNOS/c1-15-11-4-2-3-8(12(11)13)5-9-6-16-7-10(9)14/h2-4,9-10H,5-7,14H2,1H3. The van der Waals surface area contributed by atoms with E-state index in [4.69, 9.17) is 10.5 Å². The van der Waals surface area contributed by atoms with Crippen molar-refractivity contribution in [2.24, 2.45) is 11.7 Å². The van der Waals surface area contributed by atoms with Crippen LogP contribution in [0.15, 0.2) is 18.2 Å². The second-order valence-corrected chi connectivity index (χ2v) is 5.17. The Bertz CT molecular complexity index is 372. The third-order valence-electron chi connectivity index (χ3n) is 2.99. The van der Waals surface area contributed by atoms with Gasteiger partial charge in [-0.3, -0.25) is 0 Å². The molecule has 0 bridgehead atoms. The van der Waals surface area contributed by atoms with Gasteiger partial charge in [-0.05, 0) is 29.7 Å². The molecule has 1 fully saturated rings. The zero-order valence-corrected chi connectivity index (χ0v) is 10.1. The molecule has 0 saturated carbocycles. The van der Waals surface area contributed by atoms with Crippen molar-refractivity contribution in [3.63, 3.8) is 0 Å². The van der Waals surface area contributed by atoms with Gasteiger partial charge in [0.25, 0.3) is 0 Å². The molecule has 1 aromatic carbocycles. The van der Waals surface area contributed by atoms with Crippen molar-refractivity contribution in [1.29, 1.82) is 0 Å². The summed E-state index contributed by atoms with van der Waals surface area (Å²) in [7, 11) is 1.49. The number of rotatable bonds is 3. The van der Waals surface area contributed by atoms with Gasteiger partial charge in [0.1, 0.15) is 0 Å². The summed E-state index contributed by atoms with van der Waals surface area (Å²) in [5, 5.41) is 0. The molecule has 4 heteroatoms. The van der Waals surface area contributed by atoms with Crippen LogP contribution in [-0.2, 0) is 6.42 Å². The Morgan fingerprint density at radius 1 is 1.50 bits per heavy atom. The molecule has 2 unspecified atom stereocenters. The molecule has 1 aliphatic heterocycles. The third-order valence-corrected chi connectivity index (χ3v) is 4.28. The van der Waals surface area contributed by atoms with Crippen LogP contribution in [0.4, 0.5) is 4.39 Å². The molecule has 1 saturated heterocycles. The van der Waals surface area contributed by atoms with E-state index < -0.39 is 0 Å². The average molecular weight is 241 g/mol. The quantitative estimate of drug-likeness (QED) is 0.880. The van der Waals surface area contributed by atoms with Gasteiger partial charge in [0.15, 0.2) is 11.6 Å². The van der Waals surface area contributed by atoms with Crippen molar-refractivity contribution < 1.29 is 9.13 Å². The average Bonchev–Trinajstić information content (AvgIpc) is 2.68. The van der Waals surface area contributed by atoms with Gasteiger partial charge in [-0.15, -0.1) is 0 Å². The summed E-state index contributed by atoms with van der Waals surface area (Å²) >= 11 is 1.85. The Kier molecular flexibility index (Phi) is 3.71. The largest absolute Gasteiger partial charge is 0.494 e. The monoisotopic (exact) mass is 241 g/mol. The van der Waals surface area contributed by atoms with Crippen LogP contribution in [0.1, 0.15) is 5.56 Å². The normalized spacial score (nSPS) is 24.7. The van der Waals surface area contributed by atoms with Crippen molar-refractivity contribution in [1.82, 2.24) is 0 Å². The highest BCUT2D eigenvalue weighted by molar-refractivity contribution is 7.99. The molecular formula is C12H16FNOS. The Morgan fingerprint density at radius 2 is 2.31 bits per heavy atom. The van der Waals surface area contributed by atoms with Gasteiger partial charge in [-0.2, -0.15) is 11.8 Å². The first kappa shape index (κ1) is 11.7. The number of hydrogen-bond acceptors (Lipinski definition) is 3. The molecule has 0 radical (unpaired) electrons. The lowest BCUT2D eigenvalue weighted by molar-refractivity contribution is 0.381. The van der Waals surface area contributed by atoms with Crippen molar-refractivity contribution >= 4 is 11.8 Å². The summed E-state index contributed by atoms with van der Waals surface area (Å²) in [6.07, 6.45) is 0.706. The number of nitrogens with two attached hydrogens (primary N) is 1. The summed E-state index contributed by atoms with van der Waals surface area (Å²) in [6.45, 7) is 0. The number of halogens is 1. The lowest BCUT2D eigenvalue weighted by Crippen LogP contribution is -2.29. The topological polar surface area (TPSA) is 35.2 Å². The Labute approximate surface area is 99.4 Å². The first-order chi connectivity index (χ1) is 7.72. The molecule has 0 amide bonds. The Balaban J connectivity index is 2.14. The fraction of sp³-hybridized carbons (Fsp3) is 0.500. The lowest BCUT2D eigenvalue weighted by atomic mass is 9.95. The first-order valence-corrected chi connectivity index (χ1v) is 6.52. The van der Waals surface area contributed by atoms with E-state index in [-0.39, 0.29) is 11.9 Å². The summed E-state index contributed by atoms with van der Waals surface area (Å²) in [5.41, 5.74) is 6.68. The zero-order valence-electron chi connectivity index (χ0n) is 9.28. The molecule has 2 nitrogen and oxygen atoms in total. The highest BCUT2D eigenvalue weighted by Crippen LogP contribution is 2.28. The SMILES string of the molecule is COc1cccc(CC2CSCC2N)c1F. The van der Waals surface area contributed by atoms with Crippen molar-refractivity contribution in [3.8, 4) is 5.75 Å². The predicted octanol–water partition coefficient (Wildman–Crippen LogP) is 2.07. The second kappa shape index (κ2) is 5.06. The van der Waals surface area contributed by atoms with E-state index in [1.807, 2.05) is 23.9 Å². The number of benzene rings is 1. The number of hydrogen-bond donors (Lipinski definition) is 1. The third kappa shape index (κ3) is 2.33. The maximum atomic E-state index is 13.9. The van der Waals surface area contributed by atoms with Crippen LogP contribution >= 0.6 is 11.8 Å². The molecular weight excluding hydrogens is 225 g/mol.